The lowest BCUT2D eigenvalue weighted by molar-refractivity contribution is -0.193. The normalized spacial score (nSPS) is 15.5. The van der Waals surface area contributed by atoms with E-state index in [1.165, 1.54) is 17.2 Å². The smallest absolute Gasteiger partial charge is 0.475 e. The number of piperazine rings is 2. The van der Waals surface area contributed by atoms with Crippen LogP contribution in [0, 0.1) is 5.82 Å². The average Bonchev–Trinajstić information content (AvgIpc) is 3.32. The van der Waals surface area contributed by atoms with Gasteiger partial charge in [-0.15, -0.1) is 0 Å². The molecule has 27 heteroatoms. The number of carbonyl (C=O) groups is 5. The first kappa shape index (κ1) is 64.0. The van der Waals surface area contributed by atoms with Crippen LogP contribution >= 0.6 is 0 Å². The van der Waals surface area contributed by atoms with Crippen LogP contribution in [0.2, 0.25) is 0 Å². The van der Waals surface area contributed by atoms with Gasteiger partial charge in [0, 0.05) is 89.2 Å². The van der Waals surface area contributed by atoms with Gasteiger partial charge in [-0.25, -0.2) is 23.6 Å². The van der Waals surface area contributed by atoms with Crippen molar-refractivity contribution in [2.45, 2.75) is 57.3 Å². The molecule has 0 saturated carbocycles. The molecule has 2 aliphatic heterocycles. The van der Waals surface area contributed by atoms with E-state index in [0.717, 1.165) is 82.1 Å². The Kier molecular flexibility index (Phi) is 25.4. The fourth-order valence-corrected chi connectivity index (χ4v) is 6.54. The van der Waals surface area contributed by atoms with Crippen LogP contribution in [0.4, 0.5) is 57.1 Å². The first-order chi connectivity index (χ1) is 34.8. The van der Waals surface area contributed by atoms with E-state index in [9.17, 15) is 57.5 Å². The number of carboxylic acids is 4. The fraction of sp³-hybridized carbons (Fsp3) is 0.354. The van der Waals surface area contributed by atoms with E-state index in [1.807, 2.05) is 42.5 Å². The number of amides is 1. The zero-order chi connectivity index (χ0) is 56.7. The van der Waals surface area contributed by atoms with Crippen LogP contribution in [-0.2, 0) is 38.8 Å². The minimum Gasteiger partial charge on any atom is -0.475 e. The van der Waals surface area contributed by atoms with Crippen LogP contribution in [0.15, 0.2) is 103 Å². The molecule has 0 aromatic heterocycles. The predicted molar refractivity (Wildman–Crippen MR) is 244 cm³/mol. The zero-order valence-electron chi connectivity index (χ0n) is 39.3. The Bertz CT molecular complexity index is 2400. The summed E-state index contributed by atoms with van der Waals surface area (Å²) in [5.41, 5.74) is 6.46. The average molecular weight is 1090 g/mol. The second-order valence-corrected chi connectivity index (χ2v) is 16.1. The van der Waals surface area contributed by atoms with E-state index in [4.69, 9.17) is 39.6 Å². The molecule has 2 fully saturated rings. The summed E-state index contributed by atoms with van der Waals surface area (Å²) in [6.45, 7) is 12.2. The Morgan fingerprint density at radius 3 is 1.57 bits per heavy atom. The Hall–Kier alpha value is -7.10. The fourth-order valence-electron chi connectivity index (χ4n) is 6.54. The van der Waals surface area contributed by atoms with Crippen molar-refractivity contribution in [3.05, 3.63) is 137 Å². The molecule has 0 aliphatic carbocycles. The summed E-state index contributed by atoms with van der Waals surface area (Å²) in [7, 11) is 0. The molecule has 4 aromatic carbocycles. The third-order valence-corrected chi connectivity index (χ3v) is 10.1. The molecular weight excluding hydrogens is 1040 g/mol. The van der Waals surface area contributed by atoms with Gasteiger partial charge in [0.15, 0.2) is 0 Å². The number of hydrogen-bond donors (Lipinski definition) is 6. The van der Waals surface area contributed by atoms with Crippen molar-refractivity contribution >= 4 is 35.9 Å². The highest BCUT2D eigenvalue weighted by Gasteiger charge is 2.40. The number of alkyl halides is 12. The summed E-state index contributed by atoms with van der Waals surface area (Å²) >= 11 is 0. The summed E-state index contributed by atoms with van der Waals surface area (Å²) in [6, 6.07) is 32.0. The quantitative estimate of drug-likeness (QED) is 0.0782. The lowest BCUT2D eigenvalue weighted by atomic mass is 10.00. The third kappa shape index (κ3) is 25.6. The molecule has 14 nitrogen and oxygen atoms in total. The van der Waals surface area contributed by atoms with Crippen LogP contribution in [-0.4, -0.2) is 148 Å². The van der Waals surface area contributed by atoms with E-state index in [1.54, 1.807) is 6.07 Å². The SMILES string of the molecule is C[C@H]1CN(Cc2cccc(-c3cc(CNC(=O)c4cccc(CN5CCN(C/C=C/c6ccccc6)CC5)c4)ccc3F)c2)CCN1.O=C(O)C(F)(F)F.O=C(O)C(F)(F)F.O=C(O)C(F)(F)F.O=C(O)C(F)(F)F. The van der Waals surface area contributed by atoms with Gasteiger partial charge in [-0.1, -0.05) is 78.9 Å². The highest BCUT2D eigenvalue weighted by atomic mass is 19.4. The molecule has 6 N–H and O–H groups in total. The van der Waals surface area contributed by atoms with E-state index < -0.39 is 48.6 Å². The maximum Gasteiger partial charge on any atom is 0.490 e. The second kappa shape index (κ2) is 29.7. The van der Waals surface area contributed by atoms with Crippen LogP contribution in [0.5, 0.6) is 0 Å². The van der Waals surface area contributed by atoms with Gasteiger partial charge in [0.25, 0.3) is 5.91 Å². The van der Waals surface area contributed by atoms with Gasteiger partial charge < -0.3 is 31.1 Å². The van der Waals surface area contributed by atoms with Gasteiger partial charge in [-0.05, 0) is 65.1 Å². The van der Waals surface area contributed by atoms with Gasteiger partial charge in [0.1, 0.15) is 5.82 Å². The van der Waals surface area contributed by atoms with Gasteiger partial charge in [-0.2, -0.15) is 52.7 Å². The molecular formula is C48H50F13N5O9. The van der Waals surface area contributed by atoms with Gasteiger partial charge >= 0.3 is 48.6 Å². The van der Waals surface area contributed by atoms with Gasteiger partial charge in [0.05, 0.1) is 0 Å². The first-order valence-corrected chi connectivity index (χ1v) is 21.8. The van der Waals surface area contributed by atoms with Crippen LogP contribution in [0.25, 0.3) is 17.2 Å². The molecule has 412 valence electrons. The van der Waals surface area contributed by atoms with Crippen molar-refractivity contribution in [2.24, 2.45) is 0 Å². The number of benzene rings is 4. The highest BCUT2D eigenvalue weighted by molar-refractivity contribution is 5.94. The van der Waals surface area contributed by atoms with Crippen LogP contribution < -0.4 is 10.6 Å². The van der Waals surface area contributed by atoms with Gasteiger partial charge in [0.2, 0.25) is 0 Å². The second-order valence-electron chi connectivity index (χ2n) is 16.1. The van der Waals surface area contributed by atoms with Crippen molar-refractivity contribution in [3.63, 3.8) is 0 Å². The molecule has 4 aromatic rings. The largest absolute Gasteiger partial charge is 0.490 e. The third-order valence-electron chi connectivity index (χ3n) is 10.1. The molecule has 2 heterocycles. The topological polar surface area (TPSA) is 200 Å². The number of nitrogens with one attached hydrogen (secondary N) is 2. The Balaban J connectivity index is 0.000000560. The number of hydrogen-bond acceptors (Lipinski definition) is 9. The van der Waals surface area contributed by atoms with Gasteiger partial charge in [-0.3, -0.25) is 19.5 Å². The van der Waals surface area contributed by atoms with E-state index in [-0.39, 0.29) is 11.7 Å². The number of nitrogens with zero attached hydrogens (tertiary/aromatic N) is 3. The summed E-state index contributed by atoms with van der Waals surface area (Å²) in [4.78, 5) is 56.1. The monoisotopic (exact) mass is 1090 g/mol. The number of carbonyl (C=O) groups excluding carboxylic acids is 1. The molecule has 0 bridgehead atoms. The number of rotatable bonds is 11. The van der Waals surface area contributed by atoms with E-state index in [2.05, 4.69) is 86.9 Å². The van der Waals surface area contributed by atoms with Crippen LogP contribution in [0.1, 0.15) is 39.5 Å². The summed E-state index contributed by atoms with van der Waals surface area (Å²) in [5, 5.41) is 35.0. The van der Waals surface area contributed by atoms with Crippen molar-refractivity contribution in [3.8, 4) is 11.1 Å². The van der Waals surface area contributed by atoms with E-state index >= 15 is 4.39 Å². The van der Waals surface area contributed by atoms with Crippen molar-refractivity contribution in [1.82, 2.24) is 25.3 Å². The molecule has 6 rings (SSSR count). The highest BCUT2D eigenvalue weighted by Crippen LogP contribution is 2.26. The number of halogens is 13. The standard InChI is InChI=1S/C40H46FN5O.4C2HF3O2/c1-31-28-46(19-17-42-31)30-34-10-5-13-36(24-34)38-26-33(15-16-39(38)41)27-43-40(47)37-14-6-11-35(25-37)29-45-22-20-44(21-23-45)18-7-12-32-8-3-2-4-9-32;4*3-2(4,5)1(6)7/h2-16,24-26,31,42H,17-23,27-30H2,1H3,(H,43,47);4*(H,6,7)/b12-7+;;;;/t31-;;;;/m0..../s1. The predicted octanol–water partition coefficient (Wildman–Crippen LogP) is 8.58. The minimum atomic E-state index is -5.08. The number of carboxylic acid groups (broad SMARTS) is 4. The first-order valence-electron chi connectivity index (χ1n) is 21.8. The molecule has 75 heavy (non-hydrogen) atoms. The zero-order valence-corrected chi connectivity index (χ0v) is 39.3. The minimum absolute atomic E-state index is 0.125. The Morgan fingerprint density at radius 2 is 1.07 bits per heavy atom. The lowest BCUT2D eigenvalue weighted by Crippen LogP contribution is -2.48. The molecule has 1 atom stereocenters. The molecule has 2 saturated heterocycles. The Morgan fingerprint density at radius 1 is 0.587 bits per heavy atom. The molecule has 2 aliphatic rings. The van der Waals surface area contributed by atoms with E-state index in [0.29, 0.717) is 23.7 Å². The maximum absolute atomic E-state index is 15.0. The number of aliphatic carboxylic acids is 4. The molecule has 0 spiro atoms. The van der Waals surface area contributed by atoms with Crippen molar-refractivity contribution < 1.29 is 101 Å². The molecule has 1 amide bonds. The molecule has 0 unspecified atom stereocenters. The lowest BCUT2D eigenvalue weighted by Gasteiger charge is -2.34. The van der Waals surface area contributed by atoms with Crippen molar-refractivity contribution in [2.75, 3.05) is 52.4 Å². The summed E-state index contributed by atoms with van der Waals surface area (Å²) < 4.78 is 142. The molecule has 0 radical (unpaired) electrons. The van der Waals surface area contributed by atoms with Crippen LogP contribution in [0.3, 0.4) is 0 Å². The maximum atomic E-state index is 15.0. The summed E-state index contributed by atoms with van der Waals surface area (Å²) in [6.07, 6.45) is -15.9. The van der Waals surface area contributed by atoms with Crippen molar-refractivity contribution in [1.29, 1.82) is 0 Å². The summed E-state index contributed by atoms with van der Waals surface area (Å²) in [5.74, 6) is -11.4. The Labute approximate surface area is 419 Å².